The third kappa shape index (κ3) is 7.53. The van der Waals surface area contributed by atoms with Gasteiger partial charge in [-0.25, -0.2) is 28.5 Å². The number of nitrogens with zero attached hydrogens (tertiary/aromatic N) is 6. The lowest BCUT2D eigenvalue weighted by atomic mass is 9.92. The van der Waals surface area contributed by atoms with Crippen LogP contribution in [0.1, 0.15) is 59.5 Å². The van der Waals surface area contributed by atoms with E-state index in [9.17, 15) is 23.9 Å². The van der Waals surface area contributed by atoms with Gasteiger partial charge in [0.2, 0.25) is 0 Å². The van der Waals surface area contributed by atoms with Crippen molar-refractivity contribution < 1.29 is 28.2 Å². The van der Waals surface area contributed by atoms with Gasteiger partial charge in [0, 0.05) is 31.6 Å². The lowest BCUT2D eigenvalue weighted by molar-refractivity contribution is 0.0367. The molecule has 0 unspecified atom stereocenters. The number of aromatic carboxylic acids is 1. The molecule has 0 saturated carbocycles. The molecule has 4 aromatic rings. The molecule has 2 aromatic heterocycles. The first-order chi connectivity index (χ1) is 21.3. The Hall–Kier alpha value is -4.47. The molecule has 2 aromatic carbocycles. The first kappa shape index (κ1) is 31.0. The molecule has 2 saturated heterocycles. The summed E-state index contributed by atoms with van der Waals surface area (Å²) in [6.07, 6.45) is 5.68. The highest BCUT2D eigenvalue weighted by Crippen LogP contribution is 2.26. The van der Waals surface area contributed by atoms with Crippen LogP contribution in [0.3, 0.4) is 0 Å². The number of fused-ring (bicyclic) bond motifs is 1. The number of halogens is 2. The number of hydrogen-bond acceptors (Lipinski definition) is 8. The lowest BCUT2D eigenvalue weighted by Gasteiger charge is -2.31. The fourth-order valence-electron chi connectivity index (χ4n) is 5.30. The van der Waals surface area contributed by atoms with Crippen molar-refractivity contribution in [3.8, 4) is 11.8 Å². The largest absolute Gasteiger partial charge is 0.484 e. The molecule has 6 rings (SSSR count). The van der Waals surface area contributed by atoms with Crippen LogP contribution in [0.25, 0.3) is 11.0 Å². The van der Waals surface area contributed by atoms with Crippen molar-refractivity contribution in [2.24, 2.45) is 5.92 Å². The average Bonchev–Trinajstić information content (AvgIpc) is 3.34. The molecule has 0 atom stereocenters. The predicted molar refractivity (Wildman–Crippen MR) is 157 cm³/mol. The highest BCUT2D eigenvalue weighted by Gasteiger charge is 2.23. The van der Waals surface area contributed by atoms with E-state index in [1.165, 1.54) is 24.6 Å². The van der Waals surface area contributed by atoms with E-state index in [4.69, 9.17) is 9.47 Å². The number of likely N-dealkylation sites (tertiary alicyclic amines) is 1. The van der Waals surface area contributed by atoms with Gasteiger partial charge in [-0.05, 0) is 88.0 Å². The van der Waals surface area contributed by atoms with E-state index in [-0.39, 0.29) is 29.0 Å². The standard InChI is InChI=1S/C29H28F2N6O3.C3H6O/c1-2-37-24-14-19(29(38)39)13-23(31)28(24)35-27(37)16-36-9-6-18(7-10-36)11-22-5-8-33-26(34-22)17-40-25-4-3-21(30)12-20(25)15-32;1-2-4-3-1/h3-5,8,12-14,18H,2,6-7,9-11,16-17H2,1H3,(H,38,39);1-3H2. The highest BCUT2D eigenvalue weighted by atomic mass is 19.1. The molecule has 0 aliphatic carbocycles. The molecule has 12 heteroatoms. The Morgan fingerprint density at radius 2 is 1.91 bits per heavy atom. The number of nitriles is 1. The summed E-state index contributed by atoms with van der Waals surface area (Å²) in [7, 11) is 0. The Morgan fingerprint density at radius 1 is 1.16 bits per heavy atom. The van der Waals surface area contributed by atoms with Crippen LogP contribution < -0.4 is 4.74 Å². The zero-order valence-corrected chi connectivity index (χ0v) is 24.5. The highest BCUT2D eigenvalue weighted by molar-refractivity contribution is 5.92. The topological polar surface area (TPSA) is 126 Å². The summed E-state index contributed by atoms with van der Waals surface area (Å²) in [5, 5.41) is 18.5. The molecule has 0 amide bonds. The van der Waals surface area contributed by atoms with Crippen molar-refractivity contribution in [3.63, 3.8) is 0 Å². The third-order valence-corrected chi connectivity index (χ3v) is 7.78. The second-order valence-electron chi connectivity index (χ2n) is 10.8. The van der Waals surface area contributed by atoms with Crippen molar-refractivity contribution in [2.45, 2.75) is 52.3 Å². The van der Waals surface area contributed by atoms with E-state index in [1.54, 1.807) is 6.20 Å². The maximum Gasteiger partial charge on any atom is 0.335 e. The average molecular weight is 605 g/mol. The number of carbonyl (C=O) groups is 1. The maximum absolute atomic E-state index is 14.6. The summed E-state index contributed by atoms with van der Waals surface area (Å²) < 4.78 is 40.2. The van der Waals surface area contributed by atoms with Gasteiger partial charge in [-0.1, -0.05) is 0 Å². The van der Waals surface area contributed by atoms with Crippen molar-refractivity contribution >= 4 is 17.0 Å². The summed E-state index contributed by atoms with van der Waals surface area (Å²) in [6.45, 7) is 6.82. The number of aryl methyl sites for hydroxylation is 1. The number of imidazole rings is 1. The van der Waals surface area contributed by atoms with E-state index in [0.29, 0.717) is 30.3 Å². The predicted octanol–water partition coefficient (Wildman–Crippen LogP) is 5.13. The van der Waals surface area contributed by atoms with Crippen LogP contribution in [0, 0.1) is 28.9 Å². The summed E-state index contributed by atoms with van der Waals surface area (Å²) >= 11 is 0. The van der Waals surface area contributed by atoms with E-state index in [0.717, 1.165) is 69.2 Å². The molecule has 4 heterocycles. The Labute approximate surface area is 253 Å². The van der Waals surface area contributed by atoms with Gasteiger partial charge in [0.05, 0.1) is 23.2 Å². The van der Waals surface area contributed by atoms with E-state index in [1.807, 2.05) is 23.6 Å². The fraction of sp³-hybridized carbons (Fsp3) is 0.406. The van der Waals surface area contributed by atoms with Gasteiger partial charge >= 0.3 is 5.97 Å². The minimum absolute atomic E-state index is 0.0690. The molecule has 230 valence electrons. The number of benzene rings is 2. The third-order valence-electron chi connectivity index (χ3n) is 7.78. The van der Waals surface area contributed by atoms with E-state index < -0.39 is 17.6 Å². The summed E-state index contributed by atoms with van der Waals surface area (Å²) in [6, 6.07) is 10.1. The van der Waals surface area contributed by atoms with Crippen molar-refractivity contribution in [1.82, 2.24) is 24.4 Å². The Morgan fingerprint density at radius 3 is 2.57 bits per heavy atom. The Kier molecular flexibility index (Phi) is 10.1. The molecule has 0 bridgehead atoms. The van der Waals surface area contributed by atoms with Gasteiger partial charge < -0.3 is 19.1 Å². The Bertz CT molecular complexity index is 1650. The van der Waals surface area contributed by atoms with E-state index in [2.05, 4.69) is 19.9 Å². The van der Waals surface area contributed by atoms with Gasteiger partial charge in [0.1, 0.15) is 35.6 Å². The van der Waals surface area contributed by atoms with Crippen molar-refractivity contribution in [2.75, 3.05) is 26.3 Å². The van der Waals surface area contributed by atoms with Crippen LogP contribution in [0.2, 0.25) is 0 Å². The van der Waals surface area contributed by atoms with Gasteiger partial charge in [-0.2, -0.15) is 5.26 Å². The summed E-state index contributed by atoms with van der Waals surface area (Å²) in [5.41, 5.74) is 1.63. The second-order valence-corrected chi connectivity index (χ2v) is 10.8. The first-order valence-corrected chi connectivity index (χ1v) is 14.7. The molecule has 2 aliphatic rings. The molecule has 2 aliphatic heterocycles. The summed E-state index contributed by atoms with van der Waals surface area (Å²) in [5.74, 6) is -0.369. The van der Waals surface area contributed by atoms with Crippen LogP contribution in [0.15, 0.2) is 42.6 Å². The molecular formula is C32H34F2N6O4. The summed E-state index contributed by atoms with van der Waals surface area (Å²) in [4.78, 5) is 27.1. The number of piperidine rings is 1. The molecule has 2 fully saturated rings. The van der Waals surface area contributed by atoms with Crippen molar-refractivity contribution in [3.05, 3.63) is 82.7 Å². The number of rotatable bonds is 9. The number of carboxylic acid groups (broad SMARTS) is 1. The van der Waals surface area contributed by atoms with Crippen LogP contribution in [-0.2, 0) is 30.9 Å². The van der Waals surface area contributed by atoms with Gasteiger partial charge in [0.15, 0.2) is 11.6 Å². The van der Waals surface area contributed by atoms with Gasteiger partial charge in [-0.15, -0.1) is 0 Å². The van der Waals surface area contributed by atoms with Crippen LogP contribution in [0.5, 0.6) is 5.75 Å². The monoisotopic (exact) mass is 604 g/mol. The SMILES string of the molecule is C1COC1.CCn1c(CN2CCC(Cc3ccnc(COc4ccc(F)cc4C#N)n3)CC2)nc2c(F)cc(C(=O)O)cc21. The number of aromatic nitrogens is 4. The van der Waals surface area contributed by atoms with Crippen LogP contribution >= 0.6 is 0 Å². The molecule has 44 heavy (non-hydrogen) atoms. The molecule has 1 N–H and O–H groups in total. The number of carboxylic acids is 1. The maximum atomic E-state index is 14.6. The quantitative estimate of drug-likeness (QED) is 0.277. The van der Waals surface area contributed by atoms with Crippen LogP contribution in [-0.4, -0.2) is 61.8 Å². The molecule has 0 radical (unpaired) electrons. The van der Waals surface area contributed by atoms with Crippen molar-refractivity contribution in [1.29, 1.82) is 5.26 Å². The second kappa shape index (κ2) is 14.3. The minimum Gasteiger partial charge on any atom is -0.484 e. The lowest BCUT2D eigenvalue weighted by Crippen LogP contribution is -2.34. The fourth-order valence-corrected chi connectivity index (χ4v) is 5.30. The normalized spacial score (nSPS) is 15.2. The number of hydrogen-bond donors (Lipinski definition) is 1. The number of ether oxygens (including phenoxy) is 2. The molecular weight excluding hydrogens is 570 g/mol. The Balaban J connectivity index is 0.000000888. The molecule has 0 spiro atoms. The van der Waals surface area contributed by atoms with Gasteiger partial charge in [-0.3, -0.25) is 4.90 Å². The zero-order valence-electron chi connectivity index (χ0n) is 24.5. The van der Waals surface area contributed by atoms with Crippen LogP contribution in [0.4, 0.5) is 8.78 Å². The molecule has 10 nitrogen and oxygen atoms in total. The van der Waals surface area contributed by atoms with Gasteiger partial charge in [0.25, 0.3) is 0 Å². The first-order valence-electron chi connectivity index (χ1n) is 14.7. The smallest absolute Gasteiger partial charge is 0.335 e. The van der Waals surface area contributed by atoms with E-state index >= 15 is 0 Å². The zero-order chi connectivity index (χ0) is 31.1. The minimum atomic E-state index is -1.17.